The van der Waals surface area contributed by atoms with Gasteiger partial charge in [0.1, 0.15) is 11.5 Å². The lowest BCUT2D eigenvalue weighted by Gasteiger charge is -2.10. The van der Waals surface area contributed by atoms with E-state index in [0.29, 0.717) is 17.3 Å². The molecule has 0 aliphatic heterocycles. The molecule has 2 aromatic carbocycles. The van der Waals surface area contributed by atoms with Gasteiger partial charge in [-0.05, 0) is 74.4 Å². The standard InChI is InChI=1S/C20H19FN4O/c1-12-4-7-17(10-13(12)2)24-20-22-14(3)11-18(25-20)19(26)23-16-8-5-15(21)6-9-16/h4-11H,1-3H3,(H,23,26)(H,22,24,25). The van der Waals surface area contributed by atoms with E-state index in [1.54, 1.807) is 13.0 Å². The highest BCUT2D eigenvalue weighted by Crippen LogP contribution is 2.18. The van der Waals surface area contributed by atoms with Crippen molar-refractivity contribution in [2.75, 3.05) is 10.6 Å². The van der Waals surface area contributed by atoms with Gasteiger partial charge in [0.25, 0.3) is 5.91 Å². The zero-order valence-electron chi connectivity index (χ0n) is 14.8. The predicted molar refractivity (Wildman–Crippen MR) is 100 cm³/mol. The molecule has 0 spiro atoms. The van der Waals surface area contributed by atoms with Gasteiger partial charge in [-0.3, -0.25) is 4.79 Å². The second-order valence-corrected chi connectivity index (χ2v) is 6.10. The quantitative estimate of drug-likeness (QED) is 0.725. The fourth-order valence-corrected chi connectivity index (χ4v) is 2.42. The second kappa shape index (κ2) is 7.31. The molecular formula is C20H19FN4O. The van der Waals surface area contributed by atoms with Crippen molar-refractivity contribution in [3.63, 3.8) is 0 Å². The Morgan fingerprint density at radius 3 is 2.27 bits per heavy atom. The normalized spacial score (nSPS) is 10.5. The van der Waals surface area contributed by atoms with E-state index in [2.05, 4.69) is 20.6 Å². The van der Waals surface area contributed by atoms with Crippen LogP contribution in [0.3, 0.4) is 0 Å². The minimum absolute atomic E-state index is 0.230. The van der Waals surface area contributed by atoms with E-state index in [0.717, 1.165) is 11.3 Å². The van der Waals surface area contributed by atoms with Gasteiger partial charge in [-0.2, -0.15) is 0 Å². The molecule has 132 valence electrons. The number of carbonyl (C=O) groups is 1. The molecule has 1 amide bonds. The molecule has 0 aliphatic rings. The number of rotatable bonds is 4. The zero-order chi connectivity index (χ0) is 18.7. The van der Waals surface area contributed by atoms with Crippen molar-refractivity contribution in [3.05, 3.63) is 76.9 Å². The largest absolute Gasteiger partial charge is 0.324 e. The van der Waals surface area contributed by atoms with Crippen molar-refractivity contribution < 1.29 is 9.18 Å². The van der Waals surface area contributed by atoms with E-state index < -0.39 is 0 Å². The average Bonchev–Trinajstić information content (AvgIpc) is 2.59. The first-order chi connectivity index (χ1) is 12.4. The molecule has 0 aliphatic carbocycles. The van der Waals surface area contributed by atoms with Crippen LogP contribution in [0.25, 0.3) is 0 Å². The Hall–Kier alpha value is -3.28. The van der Waals surface area contributed by atoms with Gasteiger partial charge < -0.3 is 10.6 Å². The molecule has 0 bridgehead atoms. The van der Waals surface area contributed by atoms with Crippen molar-refractivity contribution in [2.45, 2.75) is 20.8 Å². The Bertz CT molecular complexity index is 955. The molecule has 0 saturated heterocycles. The summed E-state index contributed by atoms with van der Waals surface area (Å²) in [6.45, 7) is 5.86. The van der Waals surface area contributed by atoms with E-state index in [1.165, 1.54) is 29.8 Å². The number of carbonyl (C=O) groups excluding carboxylic acids is 1. The maximum absolute atomic E-state index is 13.0. The summed E-state index contributed by atoms with van der Waals surface area (Å²) in [7, 11) is 0. The molecule has 3 aromatic rings. The highest BCUT2D eigenvalue weighted by Gasteiger charge is 2.11. The van der Waals surface area contributed by atoms with Gasteiger partial charge >= 0.3 is 0 Å². The number of anilines is 3. The van der Waals surface area contributed by atoms with Crippen LogP contribution in [0.2, 0.25) is 0 Å². The number of hydrogen-bond donors (Lipinski definition) is 2. The first-order valence-corrected chi connectivity index (χ1v) is 8.17. The van der Waals surface area contributed by atoms with Crippen molar-refractivity contribution in [1.82, 2.24) is 9.97 Å². The molecule has 2 N–H and O–H groups in total. The molecule has 0 fully saturated rings. The third-order valence-corrected chi connectivity index (χ3v) is 3.95. The number of aryl methyl sites for hydroxylation is 3. The van der Waals surface area contributed by atoms with Crippen LogP contribution in [0, 0.1) is 26.6 Å². The van der Waals surface area contributed by atoms with Gasteiger partial charge in [0, 0.05) is 17.1 Å². The van der Waals surface area contributed by atoms with Crippen LogP contribution in [0.4, 0.5) is 21.7 Å². The maximum atomic E-state index is 13.0. The van der Waals surface area contributed by atoms with Crippen molar-refractivity contribution in [1.29, 1.82) is 0 Å². The minimum atomic E-state index is -0.384. The van der Waals surface area contributed by atoms with E-state index in [4.69, 9.17) is 0 Å². The summed E-state index contributed by atoms with van der Waals surface area (Å²) >= 11 is 0. The minimum Gasteiger partial charge on any atom is -0.324 e. The van der Waals surface area contributed by atoms with Crippen molar-refractivity contribution >= 4 is 23.2 Å². The van der Waals surface area contributed by atoms with Gasteiger partial charge in [0.15, 0.2) is 0 Å². The van der Waals surface area contributed by atoms with Gasteiger partial charge in [-0.1, -0.05) is 6.07 Å². The van der Waals surface area contributed by atoms with Crippen LogP contribution < -0.4 is 10.6 Å². The lowest BCUT2D eigenvalue weighted by molar-refractivity contribution is 0.102. The van der Waals surface area contributed by atoms with E-state index in [-0.39, 0.29) is 17.4 Å². The predicted octanol–water partition coefficient (Wildman–Crippen LogP) is 4.54. The molecule has 5 nitrogen and oxygen atoms in total. The smallest absolute Gasteiger partial charge is 0.274 e. The molecular weight excluding hydrogens is 331 g/mol. The second-order valence-electron chi connectivity index (χ2n) is 6.10. The van der Waals surface area contributed by atoms with Crippen LogP contribution in [-0.2, 0) is 0 Å². The van der Waals surface area contributed by atoms with E-state index in [1.807, 2.05) is 32.0 Å². The van der Waals surface area contributed by atoms with Crippen LogP contribution in [-0.4, -0.2) is 15.9 Å². The van der Waals surface area contributed by atoms with Gasteiger partial charge in [0.05, 0.1) is 0 Å². The Morgan fingerprint density at radius 1 is 0.885 bits per heavy atom. The summed E-state index contributed by atoms with van der Waals surface area (Å²) < 4.78 is 13.0. The number of hydrogen-bond acceptors (Lipinski definition) is 4. The number of benzene rings is 2. The number of aromatic nitrogens is 2. The lowest BCUT2D eigenvalue weighted by atomic mass is 10.1. The summed E-state index contributed by atoms with van der Waals surface area (Å²) in [5.41, 5.74) is 4.58. The Balaban J connectivity index is 1.81. The maximum Gasteiger partial charge on any atom is 0.274 e. The van der Waals surface area contributed by atoms with Crippen molar-refractivity contribution in [2.24, 2.45) is 0 Å². The highest BCUT2D eigenvalue weighted by molar-refractivity contribution is 6.03. The third kappa shape index (κ3) is 4.22. The van der Waals surface area contributed by atoms with E-state index in [9.17, 15) is 9.18 Å². The molecule has 26 heavy (non-hydrogen) atoms. The fourth-order valence-electron chi connectivity index (χ4n) is 2.42. The molecule has 6 heteroatoms. The van der Waals surface area contributed by atoms with Crippen LogP contribution >= 0.6 is 0 Å². The Labute approximate surface area is 151 Å². The molecule has 0 saturated carbocycles. The summed E-state index contributed by atoms with van der Waals surface area (Å²) in [5.74, 6) is -0.400. The van der Waals surface area contributed by atoms with Crippen LogP contribution in [0.1, 0.15) is 27.3 Å². The number of nitrogens with one attached hydrogen (secondary N) is 2. The lowest BCUT2D eigenvalue weighted by Crippen LogP contribution is -2.15. The summed E-state index contributed by atoms with van der Waals surface area (Å²) in [6, 6.07) is 13.1. The molecule has 1 aromatic heterocycles. The zero-order valence-corrected chi connectivity index (χ0v) is 14.8. The number of amides is 1. The third-order valence-electron chi connectivity index (χ3n) is 3.95. The van der Waals surface area contributed by atoms with Gasteiger partial charge in [0.2, 0.25) is 5.95 Å². The fraction of sp³-hybridized carbons (Fsp3) is 0.150. The van der Waals surface area contributed by atoms with Gasteiger partial charge in [-0.15, -0.1) is 0 Å². The first kappa shape index (κ1) is 17.5. The Kier molecular flexibility index (Phi) is 4.93. The average molecular weight is 350 g/mol. The molecule has 1 heterocycles. The summed E-state index contributed by atoms with van der Waals surface area (Å²) in [5, 5.41) is 5.82. The first-order valence-electron chi connectivity index (χ1n) is 8.17. The van der Waals surface area contributed by atoms with Crippen LogP contribution in [0.5, 0.6) is 0 Å². The number of nitrogens with zero attached hydrogens (tertiary/aromatic N) is 2. The van der Waals surface area contributed by atoms with Gasteiger partial charge in [-0.25, -0.2) is 14.4 Å². The molecule has 3 rings (SSSR count). The summed E-state index contributed by atoms with van der Waals surface area (Å²) in [6.07, 6.45) is 0. The monoisotopic (exact) mass is 350 g/mol. The summed E-state index contributed by atoms with van der Waals surface area (Å²) in [4.78, 5) is 21.0. The highest BCUT2D eigenvalue weighted by atomic mass is 19.1. The van der Waals surface area contributed by atoms with Crippen molar-refractivity contribution in [3.8, 4) is 0 Å². The van der Waals surface area contributed by atoms with E-state index >= 15 is 0 Å². The van der Waals surface area contributed by atoms with Crippen LogP contribution in [0.15, 0.2) is 48.5 Å². The molecule has 0 unspecified atom stereocenters. The topological polar surface area (TPSA) is 66.9 Å². The molecule has 0 atom stereocenters. The Morgan fingerprint density at radius 2 is 1.58 bits per heavy atom. The SMILES string of the molecule is Cc1cc(C(=O)Nc2ccc(F)cc2)nc(Nc2ccc(C)c(C)c2)n1. The number of halogens is 1. The molecule has 0 radical (unpaired) electrons.